The van der Waals surface area contributed by atoms with E-state index in [9.17, 15) is 0 Å². The fourth-order valence-electron chi connectivity index (χ4n) is 2.78. The molecule has 1 N–H and O–H groups in total. The zero-order valence-electron chi connectivity index (χ0n) is 11.4. The molecule has 0 amide bonds. The van der Waals surface area contributed by atoms with Crippen LogP contribution in [-0.2, 0) is 11.4 Å². The molecular weight excluding hydrogens is 236 g/mol. The molecule has 0 spiro atoms. The summed E-state index contributed by atoms with van der Waals surface area (Å²) >= 11 is 0. The van der Waals surface area contributed by atoms with E-state index in [1.54, 1.807) is 0 Å². The molecule has 0 saturated heterocycles. The van der Waals surface area contributed by atoms with E-state index in [0.717, 1.165) is 17.8 Å². The number of aromatic nitrogens is 1. The Morgan fingerprint density at radius 1 is 1.26 bits per heavy atom. The van der Waals surface area contributed by atoms with Crippen molar-refractivity contribution in [3.8, 4) is 0 Å². The summed E-state index contributed by atoms with van der Waals surface area (Å²) in [4.78, 5) is 10.3. The van der Waals surface area contributed by atoms with Gasteiger partial charge >= 0.3 is 0 Å². The number of nitrogens with zero attached hydrogens (tertiary/aromatic N) is 1. The van der Waals surface area contributed by atoms with Gasteiger partial charge in [-0.3, -0.25) is 9.82 Å². The van der Waals surface area contributed by atoms with E-state index < -0.39 is 0 Å². The molecule has 0 atom stereocenters. The van der Waals surface area contributed by atoms with Gasteiger partial charge in [0, 0.05) is 17.6 Å². The molecule has 1 aliphatic rings. The van der Waals surface area contributed by atoms with Crippen molar-refractivity contribution in [2.75, 3.05) is 0 Å². The number of benzene rings is 1. The van der Waals surface area contributed by atoms with Crippen molar-refractivity contribution in [3.05, 3.63) is 41.6 Å². The largest absolute Gasteiger partial charge is 0.298 e. The summed E-state index contributed by atoms with van der Waals surface area (Å²) < 4.78 is 0. The number of hydrogen-bond donors (Lipinski definition) is 1. The zero-order chi connectivity index (χ0) is 13.1. The molecule has 3 heteroatoms. The number of para-hydroxylation sites is 1. The Hall–Kier alpha value is -1.45. The van der Waals surface area contributed by atoms with Crippen molar-refractivity contribution >= 4 is 10.9 Å². The molecule has 100 valence electrons. The summed E-state index contributed by atoms with van der Waals surface area (Å²) in [5.41, 5.74) is 6.49. The van der Waals surface area contributed by atoms with Gasteiger partial charge in [0.2, 0.25) is 0 Å². The maximum Gasteiger partial charge on any atom is 0.0790 e. The van der Waals surface area contributed by atoms with Crippen LogP contribution >= 0.6 is 0 Å². The van der Waals surface area contributed by atoms with E-state index in [1.807, 2.05) is 13.0 Å². The van der Waals surface area contributed by atoms with Crippen LogP contribution in [0.2, 0.25) is 0 Å². The fourth-order valence-corrected chi connectivity index (χ4v) is 2.78. The Morgan fingerprint density at radius 2 is 2.05 bits per heavy atom. The molecule has 19 heavy (non-hydrogen) atoms. The molecular formula is C16H20N2O. The smallest absolute Gasteiger partial charge is 0.0790 e. The van der Waals surface area contributed by atoms with Crippen LogP contribution < -0.4 is 5.48 Å². The van der Waals surface area contributed by atoms with Gasteiger partial charge in [-0.2, -0.15) is 5.48 Å². The first-order chi connectivity index (χ1) is 9.33. The number of rotatable bonds is 4. The van der Waals surface area contributed by atoms with Crippen LogP contribution in [0.15, 0.2) is 30.3 Å². The maximum absolute atomic E-state index is 5.73. The lowest BCUT2D eigenvalue weighted by Gasteiger charge is -2.13. The average molecular weight is 256 g/mol. The summed E-state index contributed by atoms with van der Waals surface area (Å²) in [5, 5.41) is 1.20. The van der Waals surface area contributed by atoms with Crippen LogP contribution in [-0.4, -0.2) is 11.1 Å². The molecule has 1 aliphatic carbocycles. The van der Waals surface area contributed by atoms with Crippen molar-refractivity contribution in [1.29, 1.82) is 0 Å². The van der Waals surface area contributed by atoms with Crippen molar-refractivity contribution in [3.63, 3.8) is 0 Å². The fraction of sp³-hybridized carbons (Fsp3) is 0.438. The number of aryl methyl sites for hydroxylation is 1. The third kappa shape index (κ3) is 2.94. The zero-order valence-corrected chi connectivity index (χ0v) is 11.4. The van der Waals surface area contributed by atoms with E-state index in [4.69, 9.17) is 4.84 Å². The number of hydrogen-bond acceptors (Lipinski definition) is 3. The predicted octanol–water partition coefficient (Wildman–Crippen LogP) is 3.51. The van der Waals surface area contributed by atoms with Gasteiger partial charge in [0.15, 0.2) is 0 Å². The van der Waals surface area contributed by atoms with E-state index >= 15 is 0 Å². The minimum atomic E-state index is 0.397. The van der Waals surface area contributed by atoms with Gasteiger partial charge in [-0.15, -0.1) is 0 Å². The minimum absolute atomic E-state index is 0.397. The molecule has 0 unspecified atom stereocenters. The molecule has 0 aliphatic heterocycles. The first kappa shape index (κ1) is 12.6. The molecule has 1 aromatic carbocycles. The van der Waals surface area contributed by atoms with E-state index in [-0.39, 0.29) is 0 Å². The highest BCUT2D eigenvalue weighted by atomic mass is 16.7. The van der Waals surface area contributed by atoms with Crippen molar-refractivity contribution in [2.24, 2.45) is 0 Å². The standard InChI is InChI=1S/C16H20N2O/c1-12-10-13(11-17-19-14-6-2-3-7-14)15-8-4-5-9-16(15)18-12/h4-5,8-10,14,17H,2-3,6-7,11H2,1H3. The van der Waals surface area contributed by atoms with Crippen LogP contribution in [0, 0.1) is 6.92 Å². The van der Waals surface area contributed by atoms with Gasteiger partial charge in [0.1, 0.15) is 0 Å². The van der Waals surface area contributed by atoms with Crippen molar-refractivity contribution in [1.82, 2.24) is 10.5 Å². The van der Waals surface area contributed by atoms with Gasteiger partial charge in [0.25, 0.3) is 0 Å². The lowest BCUT2D eigenvalue weighted by molar-refractivity contribution is -0.0242. The molecule has 1 heterocycles. The molecule has 0 bridgehead atoms. The first-order valence-electron chi connectivity index (χ1n) is 7.07. The Morgan fingerprint density at radius 3 is 2.89 bits per heavy atom. The van der Waals surface area contributed by atoms with Crippen LogP contribution in [0.4, 0.5) is 0 Å². The highest BCUT2D eigenvalue weighted by Gasteiger charge is 2.15. The normalized spacial score (nSPS) is 16.3. The topological polar surface area (TPSA) is 34.1 Å². The van der Waals surface area contributed by atoms with Gasteiger partial charge in [0.05, 0.1) is 11.6 Å². The number of pyridine rings is 1. The first-order valence-corrected chi connectivity index (χ1v) is 7.07. The highest BCUT2D eigenvalue weighted by Crippen LogP contribution is 2.21. The van der Waals surface area contributed by atoms with Crippen LogP contribution in [0.1, 0.15) is 36.9 Å². The number of nitrogens with one attached hydrogen (secondary N) is 1. The lowest BCUT2D eigenvalue weighted by atomic mass is 10.1. The third-order valence-electron chi connectivity index (χ3n) is 3.74. The Bertz CT molecular complexity index is 562. The number of fused-ring (bicyclic) bond motifs is 1. The highest BCUT2D eigenvalue weighted by molar-refractivity contribution is 5.82. The average Bonchev–Trinajstić information content (AvgIpc) is 2.91. The van der Waals surface area contributed by atoms with E-state index in [2.05, 4.69) is 34.7 Å². The summed E-state index contributed by atoms with van der Waals surface area (Å²) in [6.07, 6.45) is 5.36. The molecule has 1 saturated carbocycles. The van der Waals surface area contributed by atoms with E-state index in [1.165, 1.54) is 36.6 Å². The SMILES string of the molecule is Cc1cc(CNOC2CCCC2)c2ccccc2n1. The van der Waals surface area contributed by atoms with Crippen LogP contribution in [0.5, 0.6) is 0 Å². The lowest BCUT2D eigenvalue weighted by Crippen LogP contribution is -2.21. The predicted molar refractivity (Wildman–Crippen MR) is 76.7 cm³/mol. The summed E-state index contributed by atoms with van der Waals surface area (Å²) in [5.74, 6) is 0. The van der Waals surface area contributed by atoms with Gasteiger partial charge in [-0.05, 0) is 37.5 Å². The van der Waals surface area contributed by atoms with Crippen LogP contribution in [0.25, 0.3) is 10.9 Å². The van der Waals surface area contributed by atoms with Crippen molar-refractivity contribution in [2.45, 2.75) is 45.3 Å². The molecule has 1 fully saturated rings. The van der Waals surface area contributed by atoms with E-state index in [0.29, 0.717) is 6.10 Å². The molecule has 1 aromatic heterocycles. The summed E-state index contributed by atoms with van der Waals surface area (Å²) in [6, 6.07) is 10.4. The number of hydroxylamine groups is 1. The monoisotopic (exact) mass is 256 g/mol. The minimum Gasteiger partial charge on any atom is -0.298 e. The van der Waals surface area contributed by atoms with Gasteiger partial charge in [-0.25, -0.2) is 0 Å². The van der Waals surface area contributed by atoms with Gasteiger partial charge in [-0.1, -0.05) is 31.0 Å². The second-order valence-corrected chi connectivity index (χ2v) is 5.29. The van der Waals surface area contributed by atoms with Crippen molar-refractivity contribution < 1.29 is 4.84 Å². The molecule has 3 rings (SSSR count). The quantitative estimate of drug-likeness (QED) is 0.850. The summed E-state index contributed by atoms with van der Waals surface area (Å²) in [6.45, 7) is 2.77. The second kappa shape index (κ2) is 5.68. The molecule has 3 nitrogen and oxygen atoms in total. The molecule has 0 radical (unpaired) electrons. The molecule has 2 aromatic rings. The Labute approximate surface area is 113 Å². The maximum atomic E-state index is 5.73. The Kier molecular flexibility index (Phi) is 3.76. The second-order valence-electron chi connectivity index (χ2n) is 5.29. The van der Waals surface area contributed by atoms with Crippen LogP contribution in [0.3, 0.4) is 0 Å². The Balaban J connectivity index is 1.72. The third-order valence-corrected chi connectivity index (χ3v) is 3.74. The summed E-state index contributed by atoms with van der Waals surface area (Å²) in [7, 11) is 0. The van der Waals surface area contributed by atoms with Gasteiger partial charge < -0.3 is 0 Å².